The second kappa shape index (κ2) is 5.98. The lowest BCUT2D eigenvalue weighted by molar-refractivity contribution is -0.139. The summed E-state index contributed by atoms with van der Waals surface area (Å²) in [6.07, 6.45) is 5.47. The molecular weight excluding hydrogens is 240 g/mol. The molecule has 2 aliphatic rings. The average molecular weight is 262 g/mol. The third-order valence-electron chi connectivity index (χ3n) is 2.93. The molecule has 0 saturated carbocycles. The lowest BCUT2D eigenvalue weighted by Gasteiger charge is -2.21. The van der Waals surface area contributed by atoms with Gasteiger partial charge in [-0.25, -0.2) is 0 Å². The molecule has 0 amide bonds. The lowest BCUT2D eigenvalue weighted by atomic mass is 10.2. The van der Waals surface area contributed by atoms with E-state index in [2.05, 4.69) is 23.5 Å². The smallest absolute Gasteiger partial charge is 0.163 e. The zero-order valence-corrected chi connectivity index (χ0v) is 11.9. The highest BCUT2D eigenvalue weighted by molar-refractivity contribution is 8.17. The molecule has 0 aliphatic carbocycles. The van der Waals surface area contributed by atoms with Crippen LogP contribution >= 0.6 is 23.5 Å². The van der Waals surface area contributed by atoms with Crippen LogP contribution in [0.4, 0.5) is 0 Å². The third kappa shape index (κ3) is 4.13. The molecule has 0 spiro atoms. The van der Waals surface area contributed by atoms with Gasteiger partial charge in [0.05, 0.1) is 17.3 Å². The van der Waals surface area contributed by atoms with E-state index in [1.54, 1.807) is 0 Å². The van der Waals surface area contributed by atoms with E-state index in [-0.39, 0.29) is 5.79 Å². The van der Waals surface area contributed by atoms with E-state index in [4.69, 9.17) is 9.47 Å². The number of thioether (sulfide) groups is 2. The van der Waals surface area contributed by atoms with Gasteiger partial charge < -0.3 is 9.47 Å². The Balaban J connectivity index is 1.58. The Hall–Kier alpha value is 0.620. The average Bonchev–Trinajstić information content (AvgIpc) is 2.60. The fraction of sp³-hybridized carbons (Fsp3) is 1.00. The SMILES string of the molecule is CC1(C)OC[C@@H](CCCC2SCCCS2)O1. The first kappa shape index (κ1) is 13.1. The van der Waals surface area contributed by atoms with Gasteiger partial charge in [0.25, 0.3) is 0 Å². The largest absolute Gasteiger partial charge is 0.348 e. The first-order valence-corrected chi connectivity index (χ1v) is 8.30. The minimum Gasteiger partial charge on any atom is -0.348 e. The minimum absolute atomic E-state index is 0.327. The van der Waals surface area contributed by atoms with Gasteiger partial charge in [0.15, 0.2) is 5.79 Å². The van der Waals surface area contributed by atoms with Crippen LogP contribution in [-0.2, 0) is 9.47 Å². The van der Waals surface area contributed by atoms with Crippen molar-refractivity contribution < 1.29 is 9.47 Å². The number of ether oxygens (including phenoxy) is 2. The van der Waals surface area contributed by atoms with Gasteiger partial charge in [-0.15, -0.1) is 23.5 Å². The molecule has 0 N–H and O–H groups in total. The highest BCUT2D eigenvalue weighted by Gasteiger charge is 2.32. The van der Waals surface area contributed by atoms with Crippen molar-refractivity contribution in [3.8, 4) is 0 Å². The number of rotatable bonds is 4. The molecule has 1 atom stereocenters. The van der Waals surface area contributed by atoms with E-state index in [1.807, 2.05) is 13.8 Å². The van der Waals surface area contributed by atoms with Crippen molar-refractivity contribution in [2.24, 2.45) is 0 Å². The van der Waals surface area contributed by atoms with E-state index in [0.29, 0.717) is 6.10 Å². The highest BCUT2D eigenvalue weighted by Crippen LogP contribution is 2.34. The molecule has 0 bridgehead atoms. The summed E-state index contributed by atoms with van der Waals surface area (Å²) in [7, 11) is 0. The Kier molecular flexibility index (Phi) is 4.89. The van der Waals surface area contributed by atoms with Gasteiger partial charge in [-0.05, 0) is 51.0 Å². The maximum Gasteiger partial charge on any atom is 0.163 e. The van der Waals surface area contributed by atoms with Crippen molar-refractivity contribution in [1.29, 1.82) is 0 Å². The molecule has 2 nitrogen and oxygen atoms in total. The molecule has 16 heavy (non-hydrogen) atoms. The van der Waals surface area contributed by atoms with Crippen LogP contribution in [0.25, 0.3) is 0 Å². The Morgan fingerprint density at radius 3 is 2.56 bits per heavy atom. The van der Waals surface area contributed by atoms with E-state index in [1.165, 1.54) is 30.8 Å². The molecule has 0 unspecified atom stereocenters. The summed E-state index contributed by atoms with van der Waals surface area (Å²) < 4.78 is 12.2. The second-order valence-electron chi connectivity index (χ2n) is 4.91. The van der Waals surface area contributed by atoms with Crippen molar-refractivity contribution >= 4 is 23.5 Å². The zero-order valence-electron chi connectivity index (χ0n) is 10.2. The first-order valence-electron chi connectivity index (χ1n) is 6.21. The molecule has 2 heterocycles. The molecule has 4 heteroatoms. The van der Waals surface area contributed by atoms with Crippen molar-refractivity contribution in [3.63, 3.8) is 0 Å². The van der Waals surface area contributed by atoms with E-state index in [0.717, 1.165) is 17.6 Å². The van der Waals surface area contributed by atoms with Crippen LogP contribution in [0.15, 0.2) is 0 Å². The summed E-state index contributed by atoms with van der Waals surface area (Å²) in [6, 6.07) is 0. The molecule has 2 fully saturated rings. The maximum atomic E-state index is 5.80. The van der Waals surface area contributed by atoms with Crippen LogP contribution in [-0.4, -0.2) is 34.6 Å². The number of hydrogen-bond acceptors (Lipinski definition) is 4. The van der Waals surface area contributed by atoms with Crippen LogP contribution in [0.1, 0.15) is 39.5 Å². The Morgan fingerprint density at radius 1 is 1.19 bits per heavy atom. The van der Waals surface area contributed by atoms with Gasteiger partial charge in [0.2, 0.25) is 0 Å². The van der Waals surface area contributed by atoms with Gasteiger partial charge in [0, 0.05) is 0 Å². The van der Waals surface area contributed by atoms with Crippen LogP contribution in [0.2, 0.25) is 0 Å². The van der Waals surface area contributed by atoms with Crippen molar-refractivity contribution in [2.45, 2.75) is 56.0 Å². The van der Waals surface area contributed by atoms with E-state index >= 15 is 0 Å². The lowest BCUT2D eigenvalue weighted by Crippen LogP contribution is -2.21. The third-order valence-corrected chi connectivity index (χ3v) is 6.01. The summed E-state index contributed by atoms with van der Waals surface area (Å²) in [5, 5.41) is 0. The van der Waals surface area contributed by atoms with Crippen LogP contribution in [0.5, 0.6) is 0 Å². The maximum absolute atomic E-state index is 5.80. The fourth-order valence-electron chi connectivity index (χ4n) is 2.12. The first-order chi connectivity index (χ1) is 7.66. The quantitative estimate of drug-likeness (QED) is 0.771. The molecule has 0 aromatic carbocycles. The fourth-order valence-corrected chi connectivity index (χ4v) is 5.08. The molecule has 0 aromatic heterocycles. The summed E-state index contributed by atoms with van der Waals surface area (Å²) in [6.45, 7) is 4.78. The van der Waals surface area contributed by atoms with Gasteiger partial charge in [-0.3, -0.25) is 0 Å². The van der Waals surface area contributed by atoms with Gasteiger partial charge in [-0.2, -0.15) is 0 Å². The molecule has 2 rings (SSSR count). The second-order valence-corrected chi connectivity index (χ2v) is 7.83. The molecule has 2 aliphatic heterocycles. The summed E-state index contributed by atoms with van der Waals surface area (Å²) in [4.78, 5) is 0. The summed E-state index contributed by atoms with van der Waals surface area (Å²) in [5.41, 5.74) is 0. The monoisotopic (exact) mass is 262 g/mol. The van der Waals surface area contributed by atoms with Crippen LogP contribution in [0, 0.1) is 0 Å². The number of hydrogen-bond donors (Lipinski definition) is 0. The minimum atomic E-state index is -0.348. The molecule has 0 aromatic rings. The predicted octanol–water partition coefficient (Wildman–Crippen LogP) is 3.50. The molecule has 2 saturated heterocycles. The Morgan fingerprint density at radius 2 is 1.94 bits per heavy atom. The van der Waals surface area contributed by atoms with E-state index in [9.17, 15) is 0 Å². The Labute approximate surface area is 107 Å². The van der Waals surface area contributed by atoms with Crippen molar-refractivity contribution in [3.05, 3.63) is 0 Å². The molecule has 94 valence electrons. The predicted molar refractivity (Wildman–Crippen MR) is 72.1 cm³/mol. The summed E-state index contributed by atoms with van der Waals surface area (Å²) in [5.74, 6) is 2.36. The van der Waals surface area contributed by atoms with Gasteiger partial charge in [-0.1, -0.05) is 0 Å². The molecule has 0 radical (unpaired) electrons. The normalized spacial score (nSPS) is 30.8. The zero-order chi connectivity index (χ0) is 11.4. The Bertz CT molecular complexity index is 215. The topological polar surface area (TPSA) is 18.5 Å². The summed E-state index contributed by atoms with van der Waals surface area (Å²) >= 11 is 4.27. The van der Waals surface area contributed by atoms with Crippen LogP contribution < -0.4 is 0 Å². The van der Waals surface area contributed by atoms with Gasteiger partial charge in [0.1, 0.15) is 0 Å². The van der Waals surface area contributed by atoms with Crippen molar-refractivity contribution in [1.82, 2.24) is 0 Å². The van der Waals surface area contributed by atoms with E-state index < -0.39 is 0 Å². The van der Waals surface area contributed by atoms with Crippen LogP contribution in [0.3, 0.4) is 0 Å². The standard InChI is InChI=1S/C12H22O2S2/c1-12(2)13-9-10(14-12)5-3-6-11-15-7-4-8-16-11/h10-11H,3-9H2,1-2H3/t10-/m1/s1. The van der Waals surface area contributed by atoms with Crippen molar-refractivity contribution in [2.75, 3.05) is 18.1 Å². The van der Waals surface area contributed by atoms with Gasteiger partial charge >= 0.3 is 0 Å². The highest BCUT2D eigenvalue weighted by atomic mass is 32.2. The molecular formula is C12H22O2S2.